The van der Waals surface area contributed by atoms with Crippen molar-refractivity contribution in [2.24, 2.45) is 0 Å². The first-order valence-electron chi connectivity index (χ1n) is 4.19. The van der Waals surface area contributed by atoms with Crippen LogP contribution in [0.1, 0.15) is 20.8 Å². The molecule has 0 aromatic heterocycles. The number of aliphatic hydroxyl groups excluding tert-OH is 1. The minimum atomic E-state index is -0.841. The van der Waals surface area contributed by atoms with Crippen molar-refractivity contribution in [3.8, 4) is 0 Å². The Kier molecular flexibility index (Phi) is 1.70. The van der Waals surface area contributed by atoms with Crippen molar-refractivity contribution in [3.63, 3.8) is 0 Å². The molecule has 2 aliphatic heterocycles. The fraction of sp³-hybridized carbons (Fsp3) is 1.00. The van der Waals surface area contributed by atoms with Gasteiger partial charge in [-0.1, -0.05) is 0 Å². The van der Waals surface area contributed by atoms with Gasteiger partial charge in [-0.05, 0) is 20.8 Å². The van der Waals surface area contributed by atoms with Crippen molar-refractivity contribution < 1.29 is 19.3 Å². The van der Waals surface area contributed by atoms with Gasteiger partial charge in [0.05, 0.1) is 6.10 Å². The van der Waals surface area contributed by atoms with E-state index in [-0.39, 0.29) is 18.3 Å². The second kappa shape index (κ2) is 2.42. The molecule has 0 aromatic rings. The Bertz CT molecular complexity index is 173. The molecule has 0 aromatic carbocycles. The lowest BCUT2D eigenvalue weighted by atomic mass is 10.2. The number of hydrogen-bond acceptors (Lipinski definition) is 4. The first kappa shape index (κ1) is 8.44. The van der Waals surface area contributed by atoms with Crippen LogP contribution in [0.2, 0.25) is 0 Å². The SMILES string of the molecule is C[C@H]1OC(O)[C@@H]2OC(C)(C)O[C@H]12. The van der Waals surface area contributed by atoms with Gasteiger partial charge in [-0.2, -0.15) is 0 Å². The Balaban J connectivity index is 2.15. The van der Waals surface area contributed by atoms with Gasteiger partial charge in [0.1, 0.15) is 12.2 Å². The molecule has 0 saturated carbocycles. The van der Waals surface area contributed by atoms with Gasteiger partial charge in [-0.3, -0.25) is 0 Å². The molecule has 0 spiro atoms. The fourth-order valence-electron chi connectivity index (χ4n) is 1.78. The second-order valence-electron chi connectivity index (χ2n) is 3.80. The summed E-state index contributed by atoms with van der Waals surface area (Å²) in [6.45, 7) is 5.55. The predicted molar refractivity (Wildman–Crippen MR) is 40.4 cm³/mol. The number of hydrogen-bond donors (Lipinski definition) is 1. The molecule has 2 rings (SSSR count). The lowest BCUT2D eigenvalue weighted by Gasteiger charge is -2.20. The van der Waals surface area contributed by atoms with E-state index in [2.05, 4.69) is 0 Å². The Morgan fingerprint density at radius 2 is 1.75 bits per heavy atom. The zero-order valence-corrected chi connectivity index (χ0v) is 7.48. The standard InChI is InChI=1S/C8H14O4/c1-4-5-6(7(9)10-4)12-8(2,3)11-5/h4-7,9H,1-3H3/t4-,5-,6-,7?/m1/s1. The molecule has 70 valence electrons. The van der Waals surface area contributed by atoms with Crippen LogP contribution >= 0.6 is 0 Å². The molecule has 0 radical (unpaired) electrons. The van der Waals surface area contributed by atoms with Crippen molar-refractivity contribution in [1.82, 2.24) is 0 Å². The smallest absolute Gasteiger partial charge is 0.184 e. The molecule has 2 saturated heterocycles. The maximum absolute atomic E-state index is 9.37. The number of aliphatic hydroxyl groups is 1. The Morgan fingerprint density at radius 1 is 1.17 bits per heavy atom. The fourth-order valence-corrected chi connectivity index (χ4v) is 1.78. The highest BCUT2D eigenvalue weighted by Gasteiger charge is 2.53. The van der Waals surface area contributed by atoms with E-state index in [1.54, 1.807) is 0 Å². The largest absolute Gasteiger partial charge is 0.366 e. The predicted octanol–water partition coefficient (Wildman–Crippen LogP) is 0.244. The third-order valence-electron chi connectivity index (χ3n) is 2.26. The normalized spacial score (nSPS) is 51.0. The van der Waals surface area contributed by atoms with E-state index in [0.29, 0.717) is 0 Å². The van der Waals surface area contributed by atoms with Crippen LogP contribution in [-0.2, 0) is 14.2 Å². The summed E-state index contributed by atoms with van der Waals surface area (Å²) in [6.07, 6.45) is -1.39. The van der Waals surface area contributed by atoms with Gasteiger partial charge in [-0.25, -0.2) is 0 Å². The zero-order valence-electron chi connectivity index (χ0n) is 7.48. The first-order valence-corrected chi connectivity index (χ1v) is 4.19. The molecule has 4 atom stereocenters. The summed E-state index contributed by atoms with van der Waals surface area (Å²) in [5.74, 6) is -0.589. The lowest BCUT2D eigenvalue weighted by Crippen LogP contribution is -2.29. The van der Waals surface area contributed by atoms with Gasteiger partial charge < -0.3 is 19.3 Å². The molecule has 1 unspecified atom stereocenters. The van der Waals surface area contributed by atoms with Crippen LogP contribution in [0.25, 0.3) is 0 Å². The number of rotatable bonds is 0. The summed E-state index contributed by atoms with van der Waals surface area (Å²) in [5.41, 5.74) is 0. The van der Waals surface area contributed by atoms with Gasteiger partial charge in [0.2, 0.25) is 0 Å². The summed E-state index contributed by atoms with van der Waals surface area (Å²) in [4.78, 5) is 0. The lowest BCUT2D eigenvalue weighted by molar-refractivity contribution is -0.217. The van der Waals surface area contributed by atoms with Crippen LogP contribution in [0, 0.1) is 0 Å². The zero-order chi connectivity index (χ0) is 8.93. The van der Waals surface area contributed by atoms with Crippen molar-refractivity contribution in [2.45, 2.75) is 51.2 Å². The monoisotopic (exact) mass is 174 g/mol. The van der Waals surface area contributed by atoms with Gasteiger partial charge in [0, 0.05) is 0 Å². The third-order valence-corrected chi connectivity index (χ3v) is 2.26. The van der Waals surface area contributed by atoms with E-state index in [9.17, 15) is 5.11 Å². The highest BCUT2D eigenvalue weighted by molar-refractivity contribution is 4.92. The van der Waals surface area contributed by atoms with Gasteiger partial charge in [-0.15, -0.1) is 0 Å². The van der Waals surface area contributed by atoms with Crippen LogP contribution in [-0.4, -0.2) is 35.5 Å². The summed E-state index contributed by atoms with van der Waals surface area (Å²) >= 11 is 0. The molecule has 2 fully saturated rings. The van der Waals surface area contributed by atoms with Gasteiger partial charge in [0.15, 0.2) is 12.1 Å². The van der Waals surface area contributed by atoms with Crippen molar-refractivity contribution in [1.29, 1.82) is 0 Å². The average molecular weight is 174 g/mol. The molecular formula is C8H14O4. The Hall–Kier alpha value is -0.160. The molecule has 4 heteroatoms. The van der Waals surface area contributed by atoms with Gasteiger partial charge in [0.25, 0.3) is 0 Å². The molecule has 0 amide bonds. The van der Waals surface area contributed by atoms with Crippen LogP contribution < -0.4 is 0 Å². The van der Waals surface area contributed by atoms with E-state index in [1.165, 1.54) is 0 Å². The minimum Gasteiger partial charge on any atom is -0.366 e. The number of fused-ring (bicyclic) bond motifs is 1. The van der Waals surface area contributed by atoms with E-state index in [1.807, 2.05) is 20.8 Å². The third kappa shape index (κ3) is 1.15. The second-order valence-corrected chi connectivity index (χ2v) is 3.80. The molecule has 12 heavy (non-hydrogen) atoms. The highest BCUT2D eigenvalue weighted by Crippen LogP contribution is 2.37. The van der Waals surface area contributed by atoms with E-state index in [4.69, 9.17) is 14.2 Å². The quantitative estimate of drug-likeness (QED) is 0.571. The van der Waals surface area contributed by atoms with Crippen molar-refractivity contribution in [2.75, 3.05) is 0 Å². The van der Waals surface area contributed by atoms with E-state index < -0.39 is 12.1 Å². The Labute approximate surface area is 71.4 Å². The summed E-state index contributed by atoms with van der Waals surface area (Å²) in [6, 6.07) is 0. The molecular weight excluding hydrogens is 160 g/mol. The van der Waals surface area contributed by atoms with Crippen LogP contribution in [0.15, 0.2) is 0 Å². The maximum atomic E-state index is 9.37. The van der Waals surface area contributed by atoms with Gasteiger partial charge >= 0.3 is 0 Å². The molecule has 0 bridgehead atoms. The van der Waals surface area contributed by atoms with E-state index in [0.717, 1.165) is 0 Å². The average Bonchev–Trinajstić information content (AvgIpc) is 2.34. The molecule has 0 aliphatic carbocycles. The highest BCUT2D eigenvalue weighted by atomic mass is 16.8. The van der Waals surface area contributed by atoms with Crippen LogP contribution in [0.3, 0.4) is 0 Å². The van der Waals surface area contributed by atoms with E-state index >= 15 is 0 Å². The maximum Gasteiger partial charge on any atom is 0.184 e. The van der Waals surface area contributed by atoms with Crippen molar-refractivity contribution in [3.05, 3.63) is 0 Å². The van der Waals surface area contributed by atoms with Crippen LogP contribution in [0.5, 0.6) is 0 Å². The molecule has 1 N–H and O–H groups in total. The molecule has 4 nitrogen and oxygen atoms in total. The summed E-state index contributed by atoms with van der Waals surface area (Å²) in [7, 11) is 0. The Morgan fingerprint density at radius 3 is 2.33 bits per heavy atom. The number of ether oxygens (including phenoxy) is 3. The molecule has 2 aliphatic rings. The molecule has 2 heterocycles. The van der Waals surface area contributed by atoms with Crippen LogP contribution in [0.4, 0.5) is 0 Å². The first-order chi connectivity index (χ1) is 5.49. The summed E-state index contributed by atoms with van der Waals surface area (Å²) < 4.78 is 16.1. The minimum absolute atomic E-state index is 0.0909. The summed E-state index contributed by atoms with van der Waals surface area (Å²) in [5, 5.41) is 9.37. The van der Waals surface area contributed by atoms with Crippen molar-refractivity contribution >= 4 is 0 Å². The topological polar surface area (TPSA) is 47.9 Å².